The number of nitrogens with one attached hydrogen (secondary N) is 2. The maximum absolute atomic E-state index is 6.01. The summed E-state index contributed by atoms with van der Waals surface area (Å²) in [5, 5.41) is 5.30. The van der Waals surface area contributed by atoms with Gasteiger partial charge in [0.1, 0.15) is 11.7 Å². The quantitative estimate of drug-likeness (QED) is 0.414. The molecule has 0 aromatic heterocycles. The van der Waals surface area contributed by atoms with E-state index in [1.165, 1.54) is 11.3 Å². The molecule has 3 aliphatic rings. The molecule has 0 aliphatic carbocycles. The first-order chi connectivity index (χ1) is 8.72. The number of hydrazine groups is 1. The zero-order chi connectivity index (χ0) is 12.5. The number of thiol groups is 1. The van der Waals surface area contributed by atoms with Crippen LogP contribution < -0.4 is 10.7 Å². The van der Waals surface area contributed by atoms with Crippen LogP contribution in [0.2, 0.25) is 0 Å². The van der Waals surface area contributed by atoms with Gasteiger partial charge in [0.2, 0.25) is 0 Å². The van der Waals surface area contributed by atoms with E-state index < -0.39 is 0 Å². The van der Waals surface area contributed by atoms with E-state index in [1.54, 1.807) is 0 Å². The Morgan fingerprint density at radius 2 is 2.39 bits per heavy atom. The maximum atomic E-state index is 6.01. The highest BCUT2D eigenvalue weighted by Crippen LogP contribution is 2.31. The van der Waals surface area contributed by atoms with E-state index in [0.717, 1.165) is 32.1 Å². The molecule has 1 unspecified atom stereocenters. The molecule has 0 amide bonds. The summed E-state index contributed by atoms with van der Waals surface area (Å²) in [6, 6.07) is 0. The fraction of sp³-hybridized carbons (Fsp3) is 0.667. The first kappa shape index (κ1) is 12.7. The van der Waals surface area contributed by atoms with Gasteiger partial charge in [-0.2, -0.15) is 5.43 Å². The van der Waals surface area contributed by atoms with Crippen LogP contribution in [0.25, 0.3) is 0 Å². The minimum absolute atomic E-state index is 0.0805. The number of ether oxygens (including phenoxy) is 1. The van der Waals surface area contributed by atoms with Crippen LogP contribution in [0.4, 0.5) is 0 Å². The van der Waals surface area contributed by atoms with Crippen LogP contribution in [0.15, 0.2) is 23.5 Å². The summed E-state index contributed by atoms with van der Waals surface area (Å²) in [5.41, 5.74) is 5.80. The summed E-state index contributed by atoms with van der Waals surface area (Å²) in [5.74, 6) is 0. The number of hydrogen-bond acceptors (Lipinski definition) is 5. The van der Waals surface area contributed by atoms with E-state index in [9.17, 15) is 0 Å². The van der Waals surface area contributed by atoms with Gasteiger partial charge in [0, 0.05) is 12.1 Å². The summed E-state index contributed by atoms with van der Waals surface area (Å²) in [6.45, 7) is 0. The fourth-order valence-electron chi connectivity index (χ4n) is 2.60. The van der Waals surface area contributed by atoms with Crippen molar-refractivity contribution in [2.75, 3.05) is 0 Å². The van der Waals surface area contributed by atoms with Gasteiger partial charge in [-0.15, -0.1) is 12.6 Å². The Bertz CT molecular complexity index is 388. The van der Waals surface area contributed by atoms with Gasteiger partial charge in [0.05, 0.1) is 0 Å². The minimum Gasteiger partial charge on any atom is -0.375 e. The number of halogens is 1. The molecule has 3 rings (SSSR count). The molecule has 0 aromatic carbocycles. The molecule has 0 bridgehead atoms. The SMILES string of the molecule is S[C@@H]1NN2C(CC3=CNC(Cl)CC3)=CCC[C@@H]2O1. The van der Waals surface area contributed by atoms with Crippen LogP contribution in [0.5, 0.6) is 0 Å². The van der Waals surface area contributed by atoms with Crippen LogP contribution >= 0.6 is 24.2 Å². The Kier molecular flexibility index (Phi) is 3.75. The Balaban J connectivity index is 1.67. The average Bonchev–Trinajstić information content (AvgIpc) is 2.73. The third-order valence-corrected chi connectivity index (χ3v) is 4.10. The average molecular weight is 288 g/mol. The Hall–Kier alpha value is -0.360. The highest BCUT2D eigenvalue weighted by Gasteiger charge is 2.34. The Labute approximate surface area is 118 Å². The lowest BCUT2D eigenvalue weighted by Crippen LogP contribution is -2.39. The van der Waals surface area contributed by atoms with Crippen LogP contribution in [0.3, 0.4) is 0 Å². The van der Waals surface area contributed by atoms with Crippen molar-refractivity contribution in [2.45, 2.75) is 49.4 Å². The lowest BCUT2D eigenvalue weighted by molar-refractivity contribution is 0.0260. The molecule has 0 spiro atoms. The molecular formula is C12H18ClN3OS. The molecule has 2 N–H and O–H groups in total. The molecule has 4 nitrogen and oxygen atoms in total. The number of allylic oxidation sites excluding steroid dienone is 2. The largest absolute Gasteiger partial charge is 0.375 e. The van der Waals surface area contributed by atoms with E-state index in [0.29, 0.717) is 0 Å². The molecule has 1 fully saturated rings. The minimum atomic E-state index is -0.192. The van der Waals surface area contributed by atoms with E-state index in [1.807, 2.05) is 0 Å². The molecular weight excluding hydrogens is 270 g/mol. The molecule has 0 saturated carbocycles. The fourth-order valence-corrected chi connectivity index (χ4v) is 3.04. The number of nitrogens with zero attached hydrogens (tertiary/aromatic N) is 1. The van der Waals surface area contributed by atoms with Gasteiger partial charge in [-0.05, 0) is 37.5 Å². The highest BCUT2D eigenvalue weighted by atomic mass is 35.5. The molecule has 3 aliphatic heterocycles. The predicted octanol–water partition coefficient (Wildman–Crippen LogP) is 2.26. The van der Waals surface area contributed by atoms with Crippen LogP contribution in [0.1, 0.15) is 32.1 Å². The molecule has 1 saturated heterocycles. The maximum Gasteiger partial charge on any atom is 0.172 e. The van der Waals surface area contributed by atoms with Crippen molar-refractivity contribution in [1.82, 2.24) is 15.8 Å². The monoisotopic (exact) mass is 287 g/mol. The van der Waals surface area contributed by atoms with Crippen molar-refractivity contribution < 1.29 is 4.74 Å². The summed E-state index contributed by atoms with van der Waals surface area (Å²) >= 11 is 10.3. The lowest BCUT2D eigenvalue weighted by atomic mass is 10.0. The molecule has 6 heteroatoms. The zero-order valence-electron chi connectivity index (χ0n) is 10.1. The molecule has 18 heavy (non-hydrogen) atoms. The third-order valence-electron chi connectivity index (χ3n) is 3.52. The number of fused-ring (bicyclic) bond motifs is 1. The number of rotatable bonds is 2. The second kappa shape index (κ2) is 5.33. The second-order valence-electron chi connectivity index (χ2n) is 4.87. The first-order valence-electron chi connectivity index (χ1n) is 6.38. The standard InChI is InChI=1S/C12H18ClN3OS/c13-10-5-4-8(7-14-10)6-9-2-1-3-11-16(9)15-12(18)17-11/h2,7,10-12,14-15,18H,1,3-6H2/t10?,11-,12+/m0/s1. The van der Waals surface area contributed by atoms with Crippen molar-refractivity contribution in [2.24, 2.45) is 0 Å². The Morgan fingerprint density at radius 1 is 1.50 bits per heavy atom. The summed E-state index contributed by atoms with van der Waals surface area (Å²) < 4.78 is 5.68. The van der Waals surface area contributed by atoms with E-state index in [4.69, 9.17) is 16.3 Å². The molecule has 0 aromatic rings. The smallest absolute Gasteiger partial charge is 0.172 e. The van der Waals surface area contributed by atoms with E-state index >= 15 is 0 Å². The number of alkyl halides is 1. The zero-order valence-corrected chi connectivity index (χ0v) is 11.8. The van der Waals surface area contributed by atoms with Crippen molar-refractivity contribution in [1.29, 1.82) is 0 Å². The van der Waals surface area contributed by atoms with Gasteiger partial charge in [-0.1, -0.05) is 17.7 Å². The van der Waals surface area contributed by atoms with Crippen molar-refractivity contribution in [3.8, 4) is 0 Å². The third kappa shape index (κ3) is 2.64. The topological polar surface area (TPSA) is 36.5 Å². The summed E-state index contributed by atoms with van der Waals surface area (Å²) in [7, 11) is 0. The van der Waals surface area contributed by atoms with Crippen molar-refractivity contribution >= 4 is 24.2 Å². The number of hydrogen-bond donors (Lipinski definition) is 3. The normalized spacial score (nSPS) is 35.7. The van der Waals surface area contributed by atoms with Crippen molar-refractivity contribution in [3.63, 3.8) is 0 Å². The van der Waals surface area contributed by atoms with Gasteiger partial charge >= 0.3 is 0 Å². The van der Waals surface area contributed by atoms with Crippen LogP contribution in [-0.4, -0.2) is 22.3 Å². The van der Waals surface area contributed by atoms with Crippen LogP contribution in [0, 0.1) is 0 Å². The van der Waals surface area contributed by atoms with Gasteiger partial charge < -0.3 is 10.1 Å². The molecule has 0 radical (unpaired) electrons. The van der Waals surface area contributed by atoms with Crippen molar-refractivity contribution in [3.05, 3.63) is 23.5 Å². The Morgan fingerprint density at radius 3 is 3.17 bits per heavy atom. The summed E-state index contributed by atoms with van der Waals surface area (Å²) in [4.78, 5) is 0. The second-order valence-corrected chi connectivity index (χ2v) is 5.86. The first-order valence-corrected chi connectivity index (χ1v) is 7.33. The van der Waals surface area contributed by atoms with Crippen LogP contribution in [-0.2, 0) is 4.74 Å². The van der Waals surface area contributed by atoms with Gasteiger partial charge in [0.15, 0.2) is 5.56 Å². The van der Waals surface area contributed by atoms with Gasteiger partial charge in [0.25, 0.3) is 0 Å². The molecule has 100 valence electrons. The predicted molar refractivity (Wildman–Crippen MR) is 74.6 cm³/mol. The lowest BCUT2D eigenvalue weighted by Gasteiger charge is -2.31. The van der Waals surface area contributed by atoms with Gasteiger partial charge in [-0.25, -0.2) is 0 Å². The van der Waals surface area contributed by atoms with E-state index in [2.05, 4.69) is 40.7 Å². The molecule has 3 atom stereocenters. The highest BCUT2D eigenvalue weighted by molar-refractivity contribution is 7.80. The summed E-state index contributed by atoms with van der Waals surface area (Å²) in [6.07, 6.45) is 9.56. The molecule has 3 heterocycles. The van der Waals surface area contributed by atoms with Gasteiger partial charge in [-0.3, -0.25) is 5.01 Å². The van der Waals surface area contributed by atoms with E-state index in [-0.39, 0.29) is 17.3 Å².